The fraction of sp³-hybridized carbons (Fsp3) is 0.600. The van der Waals surface area contributed by atoms with Crippen molar-refractivity contribution in [1.82, 2.24) is 19.9 Å². The second-order valence-corrected chi connectivity index (χ2v) is 5.65. The molecule has 3 rings (SSSR count). The molecule has 0 aliphatic carbocycles. The summed E-state index contributed by atoms with van der Waals surface area (Å²) in [7, 11) is 3.97. The van der Waals surface area contributed by atoms with Gasteiger partial charge in [-0.1, -0.05) is 13.3 Å². The van der Waals surface area contributed by atoms with Crippen molar-refractivity contribution < 1.29 is 0 Å². The molecule has 2 N–H and O–H groups in total. The van der Waals surface area contributed by atoms with E-state index in [-0.39, 0.29) is 0 Å². The van der Waals surface area contributed by atoms with E-state index in [0.717, 1.165) is 16.9 Å². The van der Waals surface area contributed by atoms with E-state index < -0.39 is 0 Å². The van der Waals surface area contributed by atoms with E-state index in [1.165, 1.54) is 31.2 Å². The summed E-state index contributed by atoms with van der Waals surface area (Å²) in [5, 5.41) is 6.91. The molecule has 2 atom stereocenters. The van der Waals surface area contributed by atoms with Crippen molar-refractivity contribution in [2.45, 2.75) is 44.7 Å². The van der Waals surface area contributed by atoms with Crippen LogP contribution in [0.5, 0.6) is 0 Å². The van der Waals surface area contributed by atoms with Crippen LogP contribution in [0.2, 0.25) is 0 Å². The monoisotopic (exact) mass is 273 g/mol. The molecule has 108 valence electrons. The number of hydrogen-bond acceptors (Lipinski definition) is 4. The van der Waals surface area contributed by atoms with Gasteiger partial charge in [-0.3, -0.25) is 0 Å². The van der Waals surface area contributed by atoms with Crippen LogP contribution in [0.4, 0.5) is 5.82 Å². The van der Waals surface area contributed by atoms with Crippen molar-refractivity contribution >= 4 is 16.9 Å². The van der Waals surface area contributed by atoms with Crippen molar-refractivity contribution in [3.8, 4) is 0 Å². The lowest BCUT2D eigenvalue weighted by atomic mass is 10.1. The molecule has 20 heavy (non-hydrogen) atoms. The molecule has 0 unspecified atom stereocenters. The topological polar surface area (TPSA) is 54.8 Å². The Morgan fingerprint density at radius 2 is 2.25 bits per heavy atom. The molecule has 1 aliphatic rings. The molecule has 5 heteroatoms. The molecule has 0 saturated carbocycles. The maximum atomic E-state index is 4.51. The first-order valence-electron chi connectivity index (χ1n) is 7.48. The molecule has 0 spiro atoms. The van der Waals surface area contributed by atoms with Crippen molar-refractivity contribution in [3.05, 3.63) is 18.1 Å². The van der Waals surface area contributed by atoms with Gasteiger partial charge in [-0.25, -0.2) is 9.97 Å². The van der Waals surface area contributed by atoms with Gasteiger partial charge >= 0.3 is 0 Å². The average molecular weight is 273 g/mol. The number of hydrogen-bond donors (Lipinski definition) is 2. The molecule has 1 aliphatic heterocycles. The van der Waals surface area contributed by atoms with Crippen molar-refractivity contribution in [2.75, 3.05) is 12.4 Å². The van der Waals surface area contributed by atoms with Gasteiger partial charge in [-0.2, -0.15) is 0 Å². The Balaban J connectivity index is 1.97. The Bertz CT molecular complexity index is 604. The Morgan fingerprint density at radius 3 is 3.00 bits per heavy atom. The minimum absolute atomic E-state index is 0.426. The van der Waals surface area contributed by atoms with Crippen LogP contribution < -0.4 is 10.6 Å². The highest BCUT2D eigenvalue weighted by atomic mass is 15.1. The second-order valence-electron chi connectivity index (χ2n) is 5.65. The molecule has 0 aromatic carbocycles. The first kappa shape index (κ1) is 13.4. The van der Waals surface area contributed by atoms with Gasteiger partial charge in [0.25, 0.3) is 0 Å². The van der Waals surface area contributed by atoms with E-state index in [2.05, 4.69) is 45.3 Å². The van der Waals surface area contributed by atoms with Crippen molar-refractivity contribution in [1.29, 1.82) is 0 Å². The van der Waals surface area contributed by atoms with Crippen LogP contribution >= 0.6 is 0 Å². The number of nitrogens with zero attached hydrogens (tertiary/aromatic N) is 3. The fourth-order valence-electron chi connectivity index (χ4n) is 3.34. The average Bonchev–Trinajstić information content (AvgIpc) is 3.04. The maximum absolute atomic E-state index is 4.51. The van der Waals surface area contributed by atoms with Gasteiger partial charge in [-0.05, 0) is 19.3 Å². The molecular weight excluding hydrogens is 250 g/mol. The van der Waals surface area contributed by atoms with Crippen LogP contribution in [0, 0.1) is 0 Å². The SMILES string of the molecule is CCC[C@@H]1CC[C@H](c2cn(C)c3c(NC)ncnc23)N1. The highest BCUT2D eigenvalue weighted by Crippen LogP contribution is 2.34. The molecule has 0 radical (unpaired) electrons. The van der Waals surface area contributed by atoms with E-state index in [9.17, 15) is 0 Å². The lowest BCUT2D eigenvalue weighted by Gasteiger charge is -2.12. The van der Waals surface area contributed by atoms with Gasteiger partial charge in [0.15, 0.2) is 5.82 Å². The quantitative estimate of drug-likeness (QED) is 0.899. The minimum Gasteiger partial charge on any atom is -0.371 e. The maximum Gasteiger partial charge on any atom is 0.153 e. The van der Waals surface area contributed by atoms with Crippen molar-refractivity contribution in [3.63, 3.8) is 0 Å². The lowest BCUT2D eigenvalue weighted by molar-refractivity contribution is 0.516. The molecule has 0 amide bonds. The molecule has 2 aromatic heterocycles. The zero-order valence-corrected chi connectivity index (χ0v) is 12.5. The zero-order chi connectivity index (χ0) is 14.1. The van der Waals surface area contributed by atoms with Gasteiger partial charge in [0.2, 0.25) is 0 Å². The third-order valence-electron chi connectivity index (χ3n) is 4.27. The Morgan fingerprint density at radius 1 is 1.40 bits per heavy atom. The fourth-order valence-corrected chi connectivity index (χ4v) is 3.34. The van der Waals surface area contributed by atoms with Crippen LogP contribution in [0.25, 0.3) is 11.0 Å². The van der Waals surface area contributed by atoms with Gasteiger partial charge in [0.05, 0.1) is 5.52 Å². The summed E-state index contributed by atoms with van der Waals surface area (Å²) in [5.41, 5.74) is 3.47. The normalized spacial score (nSPS) is 22.6. The summed E-state index contributed by atoms with van der Waals surface area (Å²) in [4.78, 5) is 8.82. The molecule has 1 fully saturated rings. The second kappa shape index (κ2) is 5.40. The van der Waals surface area contributed by atoms with E-state index in [0.29, 0.717) is 12.1 Å². The predicted molar refractivity (Wildman–Crippen MR) is 81.9 cm³/mol. The summed E-state index contributed by atoms with van der Waals surface area (Å²) >= 11 is 0. The Hall–Kier alpha value is -1.62. The third kappa shape index (κ3) is 2.16. The lowest BCUT2D eigenvalue weighted by Crippen LogP contribution is -2.23. The summed E-state index contributed by atoms with van der Waals surface area (Å²) in [6.45, 7) is 2.25. The molecule has 0 bridgehead atoms. The Labute approximate surface area is 119 Å². The van der Waals surface area contributed by atoms with E-state index in [1.807, 2.05) is 7.05 Å². The molecular formula is C15H23N5. The molecule has 1 saturated heterocycles. The van der Waals surface area contributed by atoms with Crippen LogP contribution in [0.3, 0.4) is 0 Å². The van der Waals surface area contributed by atoms with E-state index in [1.54, 1.807) is 6.33 Å². The number of rotatable bonds is 4. The largest absolute Gasteiger partial charge is 0.371 e. The van der Waals surface area contributed by atoms with E-state index in [4.69, 9.17) is 0 Å². The van der Waals surface area contributed by atoms with Gasteiger partial charge in [0.1, 0.15) is 11.8 Å². The van der Waals surface area contributed by atoms with E-state index >= 15 is 0 Å². The first-order valence-corrected chi connectivity index (χ1v) is 7.48. The van der Waals surface area contributed by atoms with Crippen molar-refractivity contribution in [2.24, 2.45) is 7.05 Å². The number of nitrogens with one attached hydrogen (secondary N) is 2. The first-order chi connectivity index (χ1) is 9.74. The van der Waals surface area contributed by atoms with Crippen LogP contribution in [-0.2, 0) is 7.05 Å². The zero-order valence-electron chi connectivity index (χ0n) is 12.5. The minimum atomic E-state index is 0.426. The highest BCUT2D eigenvalue weighted by Gasteiger charge is 2.27. The van der Waals surface area contributed by atoms with Crippen LogP contribution in [-0.4, -0.2) is 27.6 Å². The Kier molecular flexibility index (Phi) is 3.61. The molecule has 2 aromatic rings. The summed E-state index contributed by atoms with van der Waals surface area (Å²) < 4.78 is 2.13. The van der Waals surface area contributed by atoms with Gasteiger partial charge in [0, 0.05) is 37.9 Å². The highest BCUT2D eigenvalue weighted by molar-refractivity contribution is 5.89. The van der Waals surface area contributed by atoms with Gasteiger partial charge < -0.3 is 15.2 Å². The van der Waals surface area contributed by atoms with Crippen LogP contribution in [0.1, 0.15) is 44.2 Å². The third-order valence-corrected chi connectivity index (χ3v) is 4.27. The van der Waals surface area contributed by atoms with Gasteiger partial charge in [-0.15, -0.1) is 0 Å². The molecule has 5 nitrogen and oxygen atoms in total. The number of aromatic nitrogens is 3. The molecule has 3 heterocycles. The standard InChI is InChI=1S/C15H23N5/c1-4-5-10-6-7-12(19-10)11-8-20(3)14-13(11)17-9-18-15(14)16-2/h8-10,12,19H,4-7H2,1-3H3,(H,16,17,18)/t10-,12-/m1/s1. The summed E-state index contributed by atoms with van der Waals surface area (Å²) in [6.07, 6.45) is 8.81. The van der Waals surface area contributed by atoms with Crippen LogP contribution in [0.15, 0.2) is 12.5 Å². The predicted octanol–water partition coefficient (Wildman–Crippen LogP) is 2.60. The number of aryl methyl sites for hydroxylation is 1. The summed E-state index contributed by atoms with van der Waals surface area (Å²) in [6, 6.07) is 1.08. The smallest absolute Gasteiger partial charge is 0.153 e. The number of anilines is 1. The summed E-state index contributed by atoms with van der Waals surface area (Å²) in [5.74, 6) is 0.895. The number of fused-ring (bicyclic) bond motifs is 1.